The Labute approximate surface area is 190 Å². The summed E-state index contributed by atoms with van der Waals surface area (Å²) in [6.45, 7) is -0.376. The van der Waals surface area contributed by atoms with Gasteiger partial charge in [0.2, 0.25) is 5.91 Å². The normalized spacial score (nSPS) is 16.5. The van der Waals surface area contributed by atoms with Crippen molar-refractivity contribution in [3.63, 3.8) is 0 Å². The quantitative estimate of drug-likeness (QED) is 0.458. The molecule has 0 radical (unpaired) electrons. The van der Waals surface area contributed by atoms with Crippen LogP contribution < -0.4 is 9.62 Å². The Kier molecular flexibility index (Phi) is 5.17. The van der Waals surface area contributed by atoms with Crippen LogP contribution in [0.5, 0.6) is 0 Å². The lowest BCUT2D eigenvalue weighted by Crippen LogP contribution is -2.35. The maximum atomic E-state index is 13.1. The molecule has 32 heavy (non-hydrogen) atoms. The first-order chi connectivity index (χ1) is 15.4. The molecule has 7 nitrogen and oxygen atoms in total. The SMILES string of the molecule is COC(=O)c1c(NC(=O)CN2c3cccc4cccc(c34)S2(=O)=O)sc2c1CCCCC2. The van der Waals surface area contributed by atoms with Crippen molar-refractivity contribution >= 4 is 54.7 Å². The number of nitrogens with one attached hydrogen (secondary N) is 1. The van der Waals surface area contributed by atoms with E-state index >= 15 is 0 Å². The molecule has 0 saturated heterocycles. The number of hydrogen-bond donors (Lipinski definition) is 1. The Bertz CT molecular complexity index is 1350. The molecule has 0 saturated carbocycles. The average Bonchev–Trinajstić information content (AvgIpc) is 3.09. The fourth-order valence-electron chi connectivity index (χ4n) is 4.57. The maximum absolute atomic E-state index is 13.1. The summed E-state index contributed by atoms with van der Waals surface area (Å²) < 4.78 is 32.4. The number of hydrogen-bond acceptors (Lipinski definition) is 6. The summed E-state index contributed by atoms with van der Waals surface area (Å²) in [5.74, 6) is -0.981. The molecule has 3 aromatic rings. The summed E-state index contributed by atoms with van der Waals surface area (Å²) in [6, 6.07) is 10.4. The van der Waals surface area contributed by atoms with E-state index in [1.807, 2.05) is 12.1 Å². The van der Waals surface area contributed by atoms with Crippen LogP contribution in [0.25, 0.3) is 10.8 Å². The van der Waals surface area contributed by atoms with Gasteiger partial charge in [-0.05, 0) is 48.8 Å². The number of methoxy groups -OCH3 is 1. The van der Waals surface area contributed by atoms with Gasteiger partial charge in [-0.2, -0.15) is 0 Å². The third-order valence-electron chi connectivity index (χ3n) is 6.03. The molecule has 2 aromatic carbocycles. The number of amides is 1. The first-order valence-corrected chi connectivity index (χ1v) is 12.7. The number of aryl methyl sites for hydroxylation is 1. The highest BCUT2D eigenvalue weighted by Crippen LogP contribution is 2.42. The third-order valence-corrected chi connectivity index (χ3v) is 9.04. The number of sulfonamides is 1. The number of fused-ring (bicyclic) bond motifs is 1. The zero-order valence-corrected chi connectivity index (χ0v) is 19.1. The number of anilines is 2. The standard InChI is InChI=1S/C23H22N2O5S2/c1-30-23(27)21-15-9-3-2-4-11-17(15)31-22(21)24-19(26)13-25-16-10-5-7-14-8-6-12-18(20(14)16)32(25,28)29/h5-8,10,12H,2-4,9,11,13H2,1H3,(H,24,26). The first kappa shape index (κ1) is 21.0. The van der Waals surface area contributed by atoms with Crippen LogP contribution in [0.4, 0.5) is 10.7 Å². The highest BCUT2D eigenvalue weighted by molar-refractivity contribution is 7.93. The molecule has 2 heterocycles. The second-order valence-electron chi connectivity index (χ2n) is 7.95. The van der Waals surface area contributed by atoms with Gasteiger partial charge in [0, 0.05) is 10.3 Å². The zero-order chi connectivity index (χ0) is 22.5. The minimum Gasteiger partial charge on any atom is -0.465 e. The van der Waals surface area contributed by atoms with Crippen molar-refractivity contribution in [2.24, 2.45) is 0 Å². The lowest BCUT2D eigenvalue weighted by molar-refractivity contribution is -0.114. The minimum absolute atomic E-state index is 0.205. The molecule has 1 aromatic heterocycles. The lowest BCUT2D eigenvalue weighted by atomic mass is 10.1. The maximum Gasteiger partial charge on any atom is 0.341 e. The molecule has 1 aliphatic heterocycles. The van der Waals surface area contributed by atoms with Crippen LogP contribution in [-0.4, -0.2) is 33.9 Å². The van der Waals surface area contributed by atoms with Gasteiger partial charge in [0.05, 0.1) is 23.3 Å². The molecule has 1 N–H and O–H groups in total. The fourth-order valence-corrected chi connectivity index (χ4v) is 7.53. The average molecular weight is 471 g/mol. The van der Waals surface area contributed by atoms with Gasteiger partial charge in [-0.1, -0.05) is 30.7 Å². The van der Waals surface area contributed by atoms with Crippen molar-refractivity contribution in [3.8, 4) is 0 Å². The summed E-state index contributed by atoms with van der Waals surface area (Å²) in [7, 11) is -2.52. The van der Waals surface area contributed by atoms with Crippen LogP contribution in [-0.2, 0) is 32.4 Å². The molecule has 0 unspecified atom stereocenters. The summed E-state index contributed by atoms with van der Waals surface area (Å²) in [4.78, 5) is 26.8. The number of carbonyl (C=O) groups excluding carboxylic acids is 2. The van der Waals surface area contributed by atoms with Crippen LogP contribution in [0, 0.1) is 0 Å². The van der Waals surface area contributed by atoms with Gasteiger partial charge in [-0.3, -0.25) is 9.10 Å². The van der Waals surface area contributed by atoms with E-state index in [1.54, 1.807) is 24.3 Å². The number of esters is 1. The summed E-state index contributed by atoms with van der Waals surface area (Å²) >= 11 is 1.39. The van der Waals surface area contributed by atoms with E-state index in [0.717, 1.165) is 52.2 Å². The van der Waals surface area contributed by atoms with E-state index in [0.29, 0.717) is 21.6 Å². The van der Waals surface area contributed by atoms with Crippen LogP contribution in [0.3, 0.4) is 0 Å². The van der Waals surface area contributed by atoms with E-state index < -0.39 is 21.9 Å². The summed E-state index contributed by atoms with van der Waals surface area (Å²) in [6.07, 6.45) is 4.75. The monoisotopic (exact) mass is 470 g/mol. The Morgan fingerprint density at radius 2 is 1.84 bits per heavy atom. The van der Waals surface area contributed by atoms with E-state index in [2.05, 4.69) is 5.32 Å². The fraction of sp³-hybridized carbons (Fsp3) is 0.304. The number of nitrogens with zero attached hydrogens (tertiary/aromatic N) is 1. The second-order valence-corrected chi connectivity index (χ2v) is 10.9. The molecule has 5 rings (SSSR count). The van der Waals surface area contributed by atoms with Crippen LogP contribution in [0.1, 0.15) is 40.1 Å². The van der Waals surface area contributed by atoms with Gasteiger partial charge >= 0.3 is 5.97 Å². The number of carbonyl (C=O) groups is 2. The summed E-state index contributed by atoms with van der Waals surface area (Å²) in [5, 5.41) is 4.66. The van der Waals surface area contributed by atoms with Crippen molar-refractivity contribution in [1.29, 1.82) is 0 Å². The molecular weight excluding hydrogens is 448 g/mol. The van der Waals surface area contributed by atoms with Crippen molar-refractivity contribution in [1.82, 2.24) is 0 Å². The van der Waals surface area contributed by atoms with E-state index in [-0.39, 0.29) is 11.4 Å². The van der Waals surface area contributed by atoms with Gasteiger partial charge in [0.15, 0.2) is 0 Å². The molecule has 9 heteroatoms. The number of benzene rings is 2. The van der Waals surface area contributed by atoms with Crippen molar-refractivity contribution in [2.45, 2.75) is 37.0 Å². The largest absolute Gasteiger partial charge is 0.465 e. The highest BCUT2D eigenvalue weighted by Gasteiger charge is 2.37. The third kappa shape index (κ3) is 3.27. The molecule has 0 spiro atoms. The van der Waals surface area contributed by atoms with E-state index in [1.165, 1.54) is 18.4 Å². The number of thiophene rings is 1. The van der Waals surface area contributed by atoms with Gasteiger partial charge in [-0.25, -0.2) is 13.2 Å². The van der Waals surface area contributed by atoms with Gasteiger partial charge in [-0.15, -0.1) is 11.3 Å². The van der Waals surface area contributed by atoms with E-state index in [4.69, 9.17) is 4.74 Å². The Morgan fingerprint density at radius 1 is 1.09 bits per heavy atom. The molecule has 1 aliphatic carbocycles. The minimum atomic E-state index is -3.84. The van der Waals surface area contributed by atoms with Gasteiger partial charge in [0.25, 0.3) is 10.0 Å². The topological polar surface area (TPSA) is 92.8 Å². The van der Waals surface area contributed by atoms with Crippen LogP contribution >= 0.6 is 11.3 Å². The Hall–Kier alpha value is -2.91. The zero-order valence-electron chi connectivity index (χ0n) is 17.5. The van der Waals surface area contributed by atoms with Gasteiger partial charge in [0.1, 0.15) is 11.5 Å². The van der Waals surface area contributed by atoms with E-state index in [9.17, 15) is 18.0 Å². The van der Waals surface area contributed by atoms with Crippen molar-refractivity contribution < 1.29 is 22.7 Å². The van der Waals surface area contributed by atoms with Crippen molar-refractivity contribution in [2.75, 3.05) is 23.3 Å². The van der Waals surface area contributed by atoms with Crippen LogP contribution in [0.15, 0.2) is 41.3 Å². The predicted octanol–water partition coefficient (Wildman–Crippen LogP) is 4.10. The predicted molar refractivity (Wildman–Crippen MR) is 124 cm³/mol. The molecule has 0 fully saturated rings. The molecular formula is C23H22N2O5S2. The molecule has 166 valence electrons. The molecule has 0 bridgehead atoms. The Balaban J connectivity index is 1.46. The van der Waals surface area contributed by atoms with Crippen LogP contribution in [0.2, 0.25) is 0 Å². The Morgan fingerprint density at radius 3 is 2.62 bits per heavy atom. The van der Waals surface area contributed by atoms with Crippen molar-refractivity contribution in [3.05, 3.63) is 52.4 Å². The number of ether oxygens (including phenoxy) is 1. The number of rotatable bonds is 4. The molecule has 1 amide bonds. The second kappa shape index (κ2) is 7.90. The first-order valence-electron chi connectivity index (χ1n) is 10.5. The smallest absolute Gasteiger partial charge is 0.341 e. The highest BCUT2D eigenvalue weighted by atomic mass is 32.2. The molecule has 2 aliphatic rings. The molecule has 0 atom stereocenters. The lowest BCUT2D eigenvalue weighted by Gasteiger charge is -2.18. The van der Waals surface area contributed by atoms with Gasteiger partial charge < -0.3 is 10.1 Å². The summed E-state index contributed by atoms with van der Waals surface area (Å²) in [5.41, 5.74) is 1.83.